The average molecular weight is 569 g/mol. The van der Waals surface area contributed by atoms with Gasteiger partial charge >= 0.3 is 5.97 Å². The summed E-state index contributed by atoms with van der Waals surface area (Å²) in [4.78, 5) is 35.3. The molecular formula is C28H30Cl2N6O3. The first kappa shape index (κ1) is 28.4. The molecule has 11 heteroatoms. The fraction of sp³-hybridized carbons (Fsp3) is 0.286. The number of piperidine rings is 1. The van der Waals surface area contributed by atoms with Crippen molar-refractivity contribution >= 4 is 46.7 Å². The number of carbonyl (C=O) groups is 2. The van der Waals surface area contributed by atoms with Crippen molar-refractivity contribution in [1.29, 1.82) is 0 Å². The summed E-state index contributed by atoms with van der Waals surface area (Å²) in [6.45, 7) is 7.35. The largest absolute Gasteiger partial charge is 0.423 e. The van der Waals surface area contributed by atoms with E-state index in [0.29, 0.717) is 38.4 Å². The number of hydrogen-bond donors (Lipinski definition) is 3. The van der Waals surface area contributed by atoms with Crippen molar-refractivity contribution in [1.82, 2.24) is 20.6 Å². The van der Waals surface area contributed by atoms with Crippen LogP contribution in [0.3, 0.4) is 0 Å². The van der Waals surface area contributed by atoms with Gasteiger partial charge in [-0.15, -0.1) is 0 Å². The van der Waals surface area contributed by atoms with Gasteiger partial charge in [0.1, 0.15) is 17.3 Å². The van der Waals surface area contributed by atoms with Crippen molar-refractivity contribution in [3.63, 3.8) is 0 Å². The molecule has 0 unspecified atom stereocenters. The second kappa shape index (κ2) is 12.5. The number of esters is 1. The van der Waals surface area contributed by atoms with Gasteiger partial charge in [-0.25, -0.2) is 14.8 Å². The molecular weight excluding hydrogens is 539 g/mol. The first-order chi connectivity index (χ1) is 18.7. The number of rotatable bonds is 9. The molecule has 1 aliphatic rings. The van der Waals surface area contributed by atoms with E-state index in [1.165, 1.54) is 0 Å². The van der Waals surface area contributed by atoms with Gasteiger partial charge in [0.05, 0.1) is 22.8 Å². The van der Waals surface area contributed by atoms with E-state index in [1.807, 2.05) is 6.07 Å². The van der Waals surface area contributed by atoms with Crippen LogP contribution in [0.2, 0.25) is 10.0 Å². The number of nitrogen functional groups attached to an aromatic ring is 1. The summed E-state index contributed by atoms with van der Waals surface area (Å²) >= 11 is 12.5. The quantitative estimate of drug-likeness (QED) is 0.197. The second-order valence-electron chi connectivity index (χ2n) is 9.47. The Hall–Kier alpha value is -3.66. The van der Waals surface area contributed by atoms with Gasteiger partial charge in [0.25, 0.3) is 0 Å². The number of benzene rings is 2. The van der Waals surface area contributed by atoms with Gasteiger partial charge in [0.2, 0.25) is 5.91 Å². The normalized spacial score (nSPS) is 14.5. The van der Waals surface area contributed by atoms with Gasteiger partial charge in [-0.05, 0) is 31.9 Å². The Morgan fingerprint density at radius 1 is 1.18 bits per heavy atom. The van der Waals surface area contributed by atoms with Crippen LogP contribution in [0.1, 0.15) is 25.3 Å². The summed E-state index contributed by atoms with van der Waals surface area (Å²) in [5.41, 5.74) is 7.83. The number of amides is 1. The van der Waals surface area contributed by atoms with E-state index in [-0.39, 0.29) is 30.4 Å². The van der Waals surface area contributed by atoms with Gasteiger partial charge in [0, 0.05) is 42.4 Å². The maximum Gasteiger partial charge on any atom is 0.335 e. The first-order valence-corrected chi connectivity index (χ1v) is 13.2. The van der Waals surface area contributed by atoms with Crippen molar-refractivity contribution < 1.29 is 14.3 Å². The highest BCUT2D eigenvalue weighted by atomic mass is 35.5. The smallest absolute Gasteiger partial charge is 0.335 e. The van der Waals surface area contributed by atoms with Crippen LogP contribution in [0.25, 0.3) is 11.3 Å². The van der Waals surface area contributed by atoms with Crippen molar-refractivity contribution in [2.45, 2.75) is 31.8 Å². The Labute approximate surface area is 237 Å². The van der Waals surface area contributed by atoms with Crippen molar-refractivity contribution in [3.05, 3.63) is 76.9 Å². The summed E-state index contributed by atoms with van der Waals surface area (Å²) in [7, 11) is 0. The zero-order valence-electron chi connectivity index (χ0n) is 21.5. The van der Waals surface area contributed by atoms with Crippen LogP contribution >= 0.6 is 23.2 Å². The van der Waals surface area contributed by atoms with E-state index in [1.54, 1.807) is 42.6 Å². The summed E-state index contributed by atoms with van der Waals surface area (Å²) in [6.07, 6.45) is 4.38. The number of aromatic nitrogens is 2. The molecule has 3 aromatic rings. The molecule has 0 radical (unpaired) electrons. The number of anilines is 2. The van der Waals surface area contributed by atoms with Gasteiger partial charge in [0.15, 0.2) is 5.82 Å². The molecule has 1 aromatic heterocycles. The van der Waals surface area contributed by atoms with E-state index < -0.39 is 5.97 Å². The van der Waals surface area contributed by atoms with Crippen LogP contribution in [0.5, 0.6) is 5.75 Å². The molecule has 0 atom stereocenters. The summed E-state index contributed by atoms with van der Waals surface area (Å²) in [5.74, 6) is 0.648. The Kier molecular flexibility index (Phi) is 9.06. The van der Waals surface area contributed by atoms with E-state index in [4.69, 9.17) is 33.7 Å². The van der Waals surface area contributed by atoms with Gasteiger partial charge in [-0.3, -0.25) is 4.79 Å². The summed E-state index contributed by atoms with van der Waals surface area (Å²) < 4.78 is 5.23. The topological polar surface area (TPSA) is 122 Å². The SMILES string of the molecule is C=CC(=O)Oc1ccccc1CNC(=O)CNC1(C)CCN(c2cnc(-c3cccc(Cl)c3Cl)c(N)n2)CC1. The van der Waals surface area contributed by atoms with E-state index >= 15 is 0 Å². The lowest BCUT2D eigenvalue weighted by Crippen LogP contribution is -2.53. The highest BCUT2D eigenvalue weighted by Crippen LogP contribution is 2.35. The Morgan fingerprint density at radius 2 is 1.92 bits per heavy atom. The van der Waals surface area contributed by atoms with Gasteiger partial charge < -0.3 is 26.0 Å². The summed E-state index contributed by atoms with van der Waals surface area (Å²) in [5, 5.41) is 7.08. The maximum atomic E-state index is 12.6. The molecule has 0 saturated carbocycles. The number of ether oxygens (including phenoxy) is 1. The number of para-hydroxylation sites is 1. The Bertz CT molecular complexity index is 1380. The third kappa shape index (κ3) is 7.06. The highest BCUT2D eigenvalue weighted by Gasteiger charge is 2.31. The monoisotopic (exact) mass is 568 g/mol. The maximum absolute atomic E-state index is 12.6. The number of nitrogens with zero attached hydrogens (tertiary/aromatic N) is 3. The lowest BCUT2D eigenvalue weighted by molar-refractivity contribution is -0.129. The highest BCUT2D eigenvalue weighted by molar-refractivity contribution is 6.43. The number of carbonyl (C=O) groups excluding carboxylic acids is 2. The molecule has 9 nitrogen and oxygen atoms in total. The predicted octanol–water partition coefficient (Wildman–Crippen LogP) is 4.39. The Balaban J connectivity index is 1.29. The van der Waals surface area contributed by atoms with Crippen LogP contribution in [-0.2, 0) is 16.1 Å². The first-order valence-electron chi connectivity index (χ1n) is 12.4. The summed E-state index contributed by atoms with van der Waals surface area (Å²) in [6, 6.07) is 12.3. The van der Waals surface area contributed by atoms with Gasteiger partial charge in [-0.1, -0.05) is 60.1 Å². The standard InChI is InChI=1S/C28H30Cl2N6O3/c1-3-24(38)39-21-10-5-4-7-18(21)15-32-23(37)17-34-28(2)11-13-36(14-12-28)22-16-33-26(27(31)35-22)19-8-6-9-20(29)25(19)30/h3-10,16,34H,1,11-15,17H2,2H3,(H2,31,35)(H,32,37). The molecule has 204 valence electrons. The zero-order chi connectivity index (χ0) is 28.0. The van der Waals surface area contributed by atoms with E-state index in [9.17, 15) is 9.59 Å². The number of nitrogens with two attached hydrogens (primary N) is 1. The Morgan fingerprint density at radius 3 is 2.64 bits per heavy atom. The molecule has 2 aromatic carbocycles. The van der Waals surface area contributed by atoms with Crippen LogP contribution < -0.4 is 26.0 Å². The van der Waals surface area contributed by atoms with Crippen molar-refractivity contribution in [3.8, 4) is 17.0 Å². The van der Waals surface area contributed by atoms with Crippen LogP contribution in [-0.4, -0.2) is 47.0 Å². The van der Waals surface area contributed by atoms with Crippen LogP contribution in [0.4, 0.5) is 11.6 Å². The number of halogens is 2. The second-order valence-corrected chi connectivity index (χ2v) is 10.3. The lowest BCUT2D eigenvalue weighted by atomic mass is 9.89. The molecule has 4 N–H and O–H groups in total. The molecule has 1 aliphatic heterocycles. The third-order valence-electron chi connectivity index (χ3n) is 6.69. The molecule has 2 heterocycles. The van der Waals surface area contributed by atoms with E-state index in [2.05, 4.69) is 39.0 Å². The van der Waals surface area contributed by atoms with Crippen molar-refractivity contribution in [2.24, 2.45) is 0 Å². The molecule has 39 heavy (non-hydrogen) atoms. The fourth-order valence-electron chi connectivity index (χ4n) is 4.30. The van der Waals surface area contributed by atoms with Crippen molar-refractivity contribution in [2.75, 3.05) is 30.3 Å². The zero-order valence-corrected chi connectivity index (χ0v) is 23.1. The average Bonchev–Trinajstić information content (AvgIpc) is 2.93. The lowest BCUT2D eigenvalue weighted by Gasteiger charge is -2.40. The minimum atomic E-state index is -0.551. The molecule has 4 rings (SSSR count). The molecule has 1 amide bonds. The van der Waals surface area contributed by atoms with Crippen LogP contribution in [0.15, 0.2) is 61.3 Å². The van der Waals surface area contributed by atoms with E-state index in [0.717, 1.165) is 32.0 Å². The number of hydrogen-bond acceptors (Lipinski definition) is 8. The minimum Gasteiger partial charge on any atom is -0.423 e. The predicted molar refractivity (Wildman–Crippen MR) is 154 cm³/mol. The molecule has 0 spiro atoms. The molecule has 0 bridgehead atoms. The fourth-order valence-corrected chi connectivity index (χ4v) is 4.69. The van der Waals surface area contributed by atoms with Gasteiger partial charge in [-0.2, -0.15) is 0 Å². The minimum absolute atomic E-state index is 0.155. The molecule has 1 saturated heterocycles. The molecule has 1 fully saturated rings. The molecule has 0 aliphatic carbocycles. The van der Waals surface area contributed by atoms with Crippen LogP contribution in [0, 0.1) is 0 Å². The number of nitrogens with one attached hydrogen (secondary N) is 2. The third-order valence-corrected chi connectivity index (χ3v) is 7.50.